The highest BCUT2D eigenvalue weighted by molar-refractivity contribution is 7.46. The largest absolute Gasteiger partial charge is 0.471 e. The fraction of sp³-hybridized carbons (Fsp3) is 1.00. The first-order valence-electron chi connectivity index (χ1n) is 5.77. The lowest BCUT2D eigenvalue weighted by atomic mass is 10.1. The predicted molar refractivity (Wildman–Crippen MR) is 64.0 cm³/mol. The van der Waals surface area contributed by atoms with Gasteiger partial charge in [0, 0.05) is 0 Å². The minimum atomic E-state index is -4.38. The Balaban J connectivity index is 3.82. The molecular formula is C10H24NO4P. The highest BCUT2D eigenvalue weighted by Gasteiger charge is 2.23. The highest BCUT2D eigenvalue weighted by Crippen LogP contribution is 2.38. The number of rotatable bonds is 9. The van der Waals surface area contributed by atoms with Crippen molar-refractivity contribution in [2.45, 2.75) is 51.7 Å². The van der Waals surface area contributed by atoms with Crippen molar-refractivity contribution in [3.8, 4) is 0 Å². The van der Waals surface area contributed by atoms with Crippen molar-refractivity contribution >= 4 is 7.82 Å². The molecule has 5 nitrogen and oxygen atoms in total. The number of hydrogen-bond acceptors (Lipinski definition) is 3. The summed E-state index contributed by atoms with van der Waals surface area (Å²) in [6.07, 6.45) is 5.75. The molecule has 0 rings (SSSR count). The Bertz CT molecular complexity index is 217. The first kappa shape index (κ1) is 16.1. The summed E-state index contributed by atoms with van der Waals surface area (Å²) in [7, 11) is -0.866. The van der Waals surface area contributed by atoms with Crippen molar-refractivity contribution < 1.29 is 18.9 Å². The second-order valence-corrected chi connectivity index (χ2v) is 5.41. The van der Waals surface area contributed by atoms with E-state index >= 15 is 0 Å². The summed E-state index contributed by atoms with van der Waals surface area (Å²) in [5.74, 6) is 0. The third kappa shape index (κ3) is 9.31. The molecule has 0 aromatic heterocycles. The molecule has 1 unspecified atom stereocenters. The molecule has 0 radical (unpaired) electrons. The Kier molecular flexibility index (Phi) is 8.24. The Labute approximate surface area is 98.0 Å². The van der Waals surface area contributed by atoms with Crippen molar-refractivity contribution in [2.75, 3.05) is 14.1 Å². The first-order chi connectivity index (χ1) is 7.37. The zero-order valence-electron chi connectivity index (χ0n) is 10.4. The molecule has 16 heavy (non-hydrogen) atoms. The molecule has 0 aliphatic carbocycles. The molecule has 0 aliphatic rings. The predicted octanol–water partition coefficient (Wildman–Crippen LogP) is 2.34. The third-order valence-electron chi connectivity index (χ3n) is 2.39. The van der Waals surface area contributed by atoms with Gasteiger partial charge in [-0.15, -0.1) is 0 Å². The van der Waals surface area contributed by atoms with Gasteiger partial charge < -0.3 is 9.79 Å². The van der Waals surface area contributed by atoms with Crippen molar-refractivity contribution in [1.82, 2.24) is 4.90 Å². The average molecular weight is 253 g/mol. The van der Waals surface area contributed by atoms with Crippen molar-refractivity contribution in [3.63, 3.8) is 0 Å². The number of unbranched alkanes of at least 4 members (excludes halogenated alkanes) is 4. The molecular weight excluding hydrogens is 229 g/mol. The lowest BCUT2D eigenvalue weighted by molar-refractivity contribution is 0.0264. The monoisotopic (exact) mass is 253 g/mol. The zero-order valence-corrected chi connectivity index (χ0v) is 11.3. The molecule has 0 heterocycles. The quantitative estimate of drug-likeness (QED) is 0.375. The van der Waals surface area contributed by atoms with E-state index in [1.165, 1.54) is 19.3 Å². The van der Waals surface area contributed by atoms with E-state index in [9.17, 15) is 4.57 Å². The van der Waals surface area contributed by atoms with Gasteiger partial charge in [-0.3, -0.25) is 9.42 Å². The first-order valence-corrected chi connectivity index (χ1v) is 7.30. The zero-order chi connectivity index (χ0) is 12.6. The van der Waals surface area contributed by atoms with E-state index in [2.05, 4.69) is 6.92 Å². The third-order valence-corrected chi connectivity index (χ3v) is 2.91. The van der Waals surface area contributed by atoms with Crippen LogP contribution in [0.25, 0.3) is 0 Å². The Morgan fingerprint density at radius 2 is 1.75 bits per heavy atom. The van der Waals surface area contributed by atoms with Crippen molar-refractivity contribution in [2.24, 2.45) is 0 Å². The van der Waals surface area contributed by atoms with Crippen LogP contribution in [0.4, 0.5) is 0 Å². The second kappa shape index (κ2) is 8.20. The molecule has 0 fully saturated rings. The van der Waals surface area contributed by atoms with Crippen LogP contribution in [0.2, 0.25) is 0 Å². The Morgan fingerprint density at radius 1 is 1.19 bits per heavy atom. The SMILES string of the molecule is CCCCCCCC(OP(=O)(O)O)N(C)C. The summed E-state index contributed by atoms with van der Waals surface area (Å²) in [5.41, 5.74) is 0. The summed E-state index contributed by atoms with van der Waals surface area (Å²) >= 11 is 0. The molecule has 0 spiro atoms. The molecule has 98 valence electrons. The normalized spacial score (nSPS) is 14.4. The van der Waals surface area contributed by atoms with Gasteiger partial charge in [0.05, 0.1) is 0 Å². The van der Waals surface area contributed by atoms with Crippen molar-refractivity contribution in [1.29, 1.82) is 0 Å². The lowest BCUT2D eigenvalue weighted by Gasteiger charge is -2.24. The van der Waals surface area contributed by atoms with E-state index in [-0.39, 0.29) is 0 Å². The molecule has 2 N–H and O–H groups in total. The Morgan fingerprint density at radius 3 is 2.19 bits per heavy atom. The van der Waals surface area contributed by atoms with Gasteiger partial charge in [-0.1, -0.05) is 32.6 Å². The topological polar surface area (TPSA) is 70.0 Å². The van der Waals surface area contributed by atoms with E-state index in [0.29, 0.717) is 6.42 Å². The van der Waals surface area contributed by atoms with E-state index in [1.807, 2.05) is 0 Å². The van der Waals surface area contributed by atoms with Gasteiger partial charge in [0.2, 0.25) is 0 Å². The van der Waals surface area contributed by atoms with E-state index in [4.69, 9.17) is 14.3 Å². The van der Waals surface area contributed by atoms with Crippen LogP contribution >= 0.6 is 7.82 Å². The number of phosphoric ester groups is 1. The number of phosphoric acid groups is 1. The Hall–Kier alpha value is 0.0700. The maximum Gasteiger partial charge on any atom is 0.471 e. The molecule has 1 atom stereocenters. The highest BCUT2D eigenvalue weighted by atomic mass is 31.2. The van der Waals surface area contributed by atoms with Gasteiger partial charge in [-0.2, -0.15) is 0 Å². The minimum absolute atomic E-state index is 0.498. The summed E-state index contributed by atoms with van der Waals surface area (Å²) < 4.78 is 15.4. The molecule has 6 heteroatoms. The van der Waals surface area contributed by atoms with Crippen LogP contribution in [0.5, 0.6) is 0 Å². The van der Waals surface area contributed by atoms with Crippen LogP contribution in [0, 0.1) is 0 Å². The standard InChI is InChI=1S/C10H24NO4P/c1-4-5-6-7-8-9-10(11(2)3)15-16(12,13)14/h10H,4-9H2,1-3H3,(H2,12,13,14). The summed E-state index contributed by atoms with van der Waals surface area (Å²) in [6.45, 7) is 2.15. The van der Waals surface area contributed by atoms with Gasteiger partial charge in [0.1, 0.15) is 6.23 Å². The average Bonchev–Trinajstić information content (AvgIpc) is 2.13. The molecule has 0 aromatic carbocycles. The van der Waals surface area contributed by atoms with Crippen LogP contribution in [0.3, 0.4) is 0 Å². The smallest absolute Gasteiger partial charge is 0.303 e. The summed E-state index contributed by atoms with van der Waals surface area (Å²) in [5, 5.41) is 0. The number of hydrogen-bond donors (Lipinski definition) is 2. The van der Waals surface area contributed by atoms with Crippen molar-refractivity contribution in [3.05, 3.63) is 0 Å². The second-order valence-electron chi connectivity index (χ2n) is 4.22. The lowest BCUT2D eigenvalue weighted by Crippen LogP contribution is -2.29. The summed E-state index contributed by atoms with van der Waals surface area (Å²) in [6, 6.07) is 0. The van der Waals surface area contributed by atoms with Crippen LogP contribution in [0.15, 0.2) is 0 Å². The van der Waals surface area contributed by atoms with Gasteiger partial charge >= 0.3 is 7.82 Å². The fourth-order valence-electron chi connectivity index (χ4n) is 1.49. The maximum absolute atomic E-state index is 10.7. The van der Waals surface area contributed by atoms with Crippen LogP contribution in [-0.2, 0) is 9.09 Å². The van der Waals surface area contributed by atoms with E-state index in [0.717, 1.165) is 12.8 Å². The van der Waals surface area contributed by atoms with Crippen LogP contribution in [0.1, 0.15) is 45.4 Å². The van der Waals surface area contributed by atoms with Gasteiger partial charge in [-0.05, 0) is 26.9 Å². The molecule has 0 saturated carbocycles. The van der Waals surface area contributed by atoms with Gasteiger partial charge in [-0.25, -0.2) is 4.57 Å². The molecule has 0 bridgehead atoms. The van der Waals surface area contributed by atoms with E-state index < -0.39 is 14.1 Å². The van der Waals surface area contributed by atoms with Gasteiger partial charge in [0.25, 0.3) is 0 Å². The van der Waals surface area contributed by atoms with Gasteiger partial charge in [0.15, 0.2) is 0 Å². The van der Waals surface area contributed by atoms with Crippen LogP contribution < -0.4 is 0 Å². The fourth-order valence-corrected chi connectivity index (χ4v) is 2.10. The molecule has 0 aliphatic heterocycles. The summed E-state index contributed by atoms with van der Waals surface area (Å²) in [4.78, 5) is 19.2. The molecule has 0 amide bonds. The van der Waals surface area contributed by atoms with E-state index in [1.54, 1.807) is 19.0 Å². The minimum Gasteiger partial charge on any atom is -0.303 e. The maximum atomic E-state index is 10.7. The van der Waals surface area contributed by atoms with Crippen LogP contribution in [-0.4, -0.2) is 35.0 Å². The molecule has 0 saturated heterocycles. The number of nitrogens with zero attached hydrogens (tertiary/aromatic N) is 1. The molecule has 0 aromatic rings.